The molecule has 16 rings (SSSR count). The van der Waals surface area contributed by atoms with E-state index >= 15 is 0 Å². The van der Waals surface area contributed by atoms with Gasteiger partial charge in [-0.2, -0.15) is 0 Å². The molecule has 0 atom stereocenters. The average Bonchev–Trinajstić information content (AvgIpc) is 4.29. The molecule has 80 heavy (non-hydrogen) atoms. The summed E-state index contributed by atoms with van der Waals surface area (Å²) in [5.74, 6) is 0. The van der Waals surface area contributed by atoms with Gasteiger partial charge in [0.05, 0.1) is 0 Å². The zero-order valence-electron chi connectivity index (χ0n) is 45.4. The van der Waals surface area contributed by atoms with Crippen LogP contribution in [-0.2, 0) is 10.8 Å². The summed E-state index contributed by atoms with van der Waals surface area (Å²) in [6.45, 7) is 9.61. The van der Waals surface area contributed by atoms with E-state index < -0.39 is 0 Å². The predicted molar refractivity (Wildman–Crippen MR) is 339 cm³/mol. The zero-order chi connectivity index (χ0) is 53.4. The number of rotatable bonds is 7. The van der Waals surface area contributed by atoms with E-state index in [2.05, 4.69) is 295 Å². The molecule has 0 heteroatoms. The number of hydrogen-bond acceptors (Lipinski definition) is 0. The summed E-state index contributed by atoms with van der Waals surface area (Å²) in [6.07, 6.45) is 0. The monoisotopic (exact) mass is 1020 g/mol. The average molecular weight is 1020 g/mol. The summed E-state index contributed by atoms with van der Waals surface area (Å²) in [7, 11) is 0. The molecule has 0 bridgehead atoms. The van der Waals surface area contributed by atoms with Crippen LogP contribution in [0.2, 0.25) is 0 Å². The number of hydrogen-bond donors (Lipinski definition) is 0. The van der Waals surface area contributed by atoms with Gasteiger partial charge in [-0.15, -0.1) is 0 Å². The molecule has 0 amide bonds. The highest BCUT2D eigenvalue weighted by atomic mass is 14.4. The Morgan fingerprint density at radius 2 is 0.475 bits per heavy atom. The molecule has 3 aliphatic carbocycles. The second-order valence-electron chi connectivity index (χ2n) is 23.6. The molecular formula is C80H56. The van der Waals surface area contributed by atoms with E-state index in [9.17, 15) is 0 Å². The van der Waals surface area contributed by atoms with Crippen molar-refractivity contribution in [2.45, 2.75) is 38.5 Å². The van der Waals surface area contributed by atoms with Gasteiger partial charge in [-0.3, -0.25) is 0 Å². The van der Waals surface area contributed by atoms with Crippen molar-refractivity contribution in [2.24, 2.45) is 0 Å². The lowest BCUT2D eigenvalue weighted by molar-refractivity contribution is 0.660. The van der Waals surface area contributed by atoms with Gasteiger partial charge in [0.15, 0.2) is 0 Å². The molecule has 0 saturated carbocycles. The molecule has 0 spiro atoms. The molecule has 0 heterocycles. The van der Waals surface area contributed by atoms with Crippen LogP contribution < -0.4 is 0 Å². The first-order valence-electron chi connectivity index (χ1n) is 28.3. The van der Waals surface area contributed by atoms with Gasteiger partial charge in [-0.05, 0) is 197 Å². The Balaban J connectivity index is 0.622. The van der Waals surface area contributed by atoms with Gasteiger partial charge >= 0.3 is 0 Å². The smallest absolute Gasteiger partial charge is 0.0159 e. The molecule has 0 unspecified atom stereocenters. The SMILES string of the molecule is CC1(C)c2cc(-c3ccc(-c4ccc(-c5ccc(-c6ccc7ccccc7c6)cc5)cc4)cc3)ccc2-c2ccc(-c3ccc4c(c3)C(C)(C)c3cc(-c5ccc(-c6ccc7c8c(cccc68)-c6ccccc6-7)cc5)ccc3-4)cc21. The Morgan fingerprint density at radius 1 is 0.188 bits per heavy atom. The van der Waals surface area contributed by atoms with Gasteiger partial charge < -0.3 is 0 Å². The molecule has 0 N–H and O–H groups in total. The van der Waals surface area contributed by atoms with Crippen molar-refractivity contribution >= 4 is 21.5 Å². The van der Waals surface area contributed by atoms with Crippen molar-refractivity contribution < 1.29 is 0 Å². The van der Waals surface area contributed by atoms with E-state index in [1.165, 1.54) is 166 Å². The van der Waals surface area contributed by atoms with E-state index in [-0.39, 0.29) is 10.8 Å². The van der Waals surface area contributed by atoms with Crippen molar-refractivity contribution in [3.63, 3.8) is 0 Å². The minimum atomic E-state index is -0.155. The van der Waals surface area contributed by atoms with E-state index in [1.807, 2.05) is 0 Å². The third-order valence-electron chi connectivity index (χ3n) is 18.5. The Kier molecular flexibility index (Phi) is 10.1. The highest BCUT2D eigenvalue weighted by Crippen LogP contribution is 2.54. The van der Waals surface area contributed by atoms with Gasteiger partial charge in [0, 0.05) is 10.8 Å². The normalized spacial score (nSPS) is 13.7. The third kappa shape index (κ3) is 7.15. The van der Waals surface area contributed by atoms with Crippen molar-refractivity contribution in [3.05, 3.63) is 289 Å². The standard InChI is InChI=1S/C80H56/c1-79(2)74-45-60(55-26-22-53(23-27-55)51-18-16-50(17-19-51)52-20-24-54(25-21-52)59-33-30-49-10-5-6-11-58(49)44-59)34-38-67(74)69-40-36-62(47-76(69)79)63-37-41-70-68-39-35-61(46-75(68)80(3,4)77(70)48-63)56-28-31-57(32-29-56)64-42-43-73-66-13-8-7-12-65(66)72-15-9-14-71(64)78(72)73/h5-48H,1-4H3. The lowest BCUT2D eigenvalue weighted by Crippen LogP contribution is -2.15. The van der Waals surface area contributed by atoms with E-state index in [0.717, 1.165) is 0 Å². The minimum Gasteiger partial charge on any atom is -0.0616 e. The van der Waals surface area contributed by atoms with Crippen LogP contribution in [0.1, 0.15) is 49.9 Å². The number of benzene rings is 13. The van der Waals surface area contributed by atoms with Crippen LogP contribution in [-0.4, -0.2) is 0 Å². The van der Waals surface area contributed by atoms with Crippen molar-refractivity contribution in [2.75, 3.05) is 0 Å². The Labute approximate surface area is 469 Å². The molecule has 13 aromatic rings. The quantitative estimate of drug-likeness (QED) is 0.149. The summed E-state index contributed by atoms with van der Waals surface area (Å²) >= 11 is 0. The summed E-state index contributed by atoms with van der Waals surface area (Å²) < 4.78 is 0. The maximum Gasteiger partial charge on any atom is 0.0159 e. The molecule has 13 aromatic carbocycles. The number of fused-ring (bicyclic) bond motifs is 10. The molecular weight excluding hydrogens is 961 g/mol. The maximum atomic E-state index is 2.47. The van der Waals surface area contributed by atoms with Crippen molar-refractivity contribution in [3.8, 4) is 122 Å². The van der Waals surface area contributed by atoms with Crippen LogP contribution in [0.25, 0.3) is 144 Å². The van der Waals surface area contributed by atoms with E-state index in [0.29, 0.717) is 0 Å². The summed E-state index contributed by atoms with van der Waals surface area (Å²) in [4.78, 5) is 0. The van der Waals surface area contributed by atoms with E-state index in [4.69, 9.17) is 0 Å². The topological polar surface area (TPSA) is 0 Å². The molecule has 0 radical (unpaired) electrons. The van der Waals surface area contributed by atoms with Gasteiger partial charge in [0.25, 0.3) is 0 Å². The fraction of sp³-hybridized carbons (Fsp3) is 0.0750. The molecule has 0 aromatic heterocycles. The second-order valence-corrected chi connectivity index (χ2v) is 23.6. The third-order valence-corrected chi connectivity index (χ3v) is 18.5. The molecule has 0 aliphatic heterocycles. The zero-order valence-corrected chi connectivity index (χ0v) is 45.4. The Morgan fingerprint density at radius 3 is 0.912 bits per heavy atom. The van der Waals surface area contributed by atoms with Gasteiger partial charge in [-0.25, -0.2) is 0 Å². The Bertz CT molecular complexity index is 4670. The van der Waals surface area contributed by atoms with Crippen LogP contribution in [0.4, 0.5) is 0 Å². The van der Waals surface area contributed by atoms with Crippen LogP contribution in [0, 0.1) is 0 Å². The molecule has 0 saturated heterocycles. The predicted octanol–water partition coefficient (Wildman–Crippen LogP) is 21.9. The van der Waals surface area contributed by atoms with Gasteiger partial charge in [-0.1, -0.05) is 264 Å². The van der Waals surface area contributed by atoms with Crippen molar-refractivity contribution in [1.29, 1.82) is 0 Å². The van der Waals surface area contributed by atoms with Crippen molar-refractivity contribution in [1.82, 2.24) is 0 Å². The lowest BCUT2D eigenvalue weighted by atomic mass is 9.79. The highest BCUT2D eigenvalue weighted by molar-refractivity contribution is 6.18. The fourth-order valence-corrected chi connectivity index (χ4v) is 14.0. The van der Waals surface area contributed by atoms with Crippen LogP contribution in [0.5, 0.6) is 0 Å². The van der Waals surface area contributed by atoms with Crippen LogP contribution in [0.15, 0.2) is 267 Å². The first-order valence-corrected chi connectivity index (χ1v) is 28.3. The first-order chi connectivity index (χ1) is 39.1. The first kappa shape index (κ1) is 46.5. The van der Waals surface area contributed by atoms with Crippen LogP contribution >= 0.6 is 0 Å². The molecule has 0 nitrogen and oxygen atoms in total. The largest absolute Gasteiger partial charge is 0.0616 e. The Hall–Kier alpha value is -9.62. The van der Waals surface area contributed by atoms with Gasteiger partial charge in [0.1, 0.15) is 0 Å². The summed E-state index contributed by atoms with van der Waals surface area (Å²) in [6, 6.07) is 100. The fourth-order valence-electron chi connectivity index (χ4n) is 14.0. The van der Waals surface area contributed by atoms with Gasteiger partial charge in [0.2, 0.25) is 0 Å². The molecule has 376 valence electrons. The molecule has 0 fully saturated rings. The lowest BCUT2D eigenvalue weighted by Gasteiger charge is -2.24. The summed E-state index contributed by atoms with van der Waals surface area (Å²) in [5.41, 5.74) is 33.3. The molecule has 3 aliphatic rings. The maximum absolute atomic E-state index is 2.47. The highest BCUT2D eigenvalue weighted by Gasteiger charge is 2.38. The summed E-state index contributed by atoms with van der Waals surface area (Å²) in [5, 5.41) is 5.22. The minimum absolute atomic E-state index is 0.155. The second kappa shape index (κ2) is 17.4. The van der Waals surface area contributed by atoms with E-state index in [1.54, 1.807) is 0 Å². The van der Waals surface area contributed by atoms with Crippen LogP contribution in [0.3, 0.4) is 0 Å².